The van der Waals surface area contributed by atoms with E-state index in [0.717, 1.165) is 0 Å². The molecule has 0 atom stereocenters. The molecule has 8 nitrogen and oxygen atoms in total. The van der Waals surface area contributed by atoms with Crippen molar-refractivity contribution in [2.45, 2.75) is 0 Å². The van der Waals surface area contributed by atoms with Crippen molar-refractivity contribution in [2.24, 2.45) is 0 Å². The fourth-order valence-corrected chi connectivity index (χ4v) is 0.105. The number of hydrogen-bond donors (Lipinski definition) is 2. The average Bonchev–Trinajstić information content (AvgIpc) is 1.87. The van der Waals surface area contributed by atoms with Gasteiger partial charge < -0.3 is 39.5 Å². The Hall–Kier alpha value is -0.280. The molecule has 0 aromatic rings. The van der Waals surface area contributed by atoms with Gasteiger partial charge in [-0.2, -0.15) is 0 Å². The van der Waals surface area contributed by atoms with Gasteiger partial charge >= 0.3 is 37.7 Å². The fraction of sp³-hybridized carbons (Fsp3) is 0.500. The standard InChI is InChI=1S/2C2H4O4.Ca/c2*3-1-6-2(4)5;/h2*3H,1H2,(H,4,5);/q;;+2/p-2. The van der Waals surface area contributed by atoms with Crippen LogP contribution in [-0.4, -0.2) is 73.8 Å². The van der Waals surface area contributed by atoms with Gasteiger partial charge in [-0.15, -0.1) is 0 Å². The summed E-state index contributed by atoms with van der Waals surface area (Å²) in [6.07, 6.45) is -3.42. The number of ether oxygens (including phenoxy) is 2. The van der Waals surface area contributed by atoms with Crippen molar-refractivity contribution in [3.63, 3.8) is 0 Å². The molecule has 13 heavy (non-hydrogen) atoms. The van der Waals surface area contributed by atoms with Crippen LogP contribution in [0.15, 0.2) is 0 Å². The zero-order valence-electron chi connectivity index (χ0n) is 6.47. The fourth-order valence-electron chi connectivity index (χ4n) is 0.105. The van der Waals surface area contributed by atoms with Crippen LogP contribution < -0.4 is 10.2 Å². The van der Waals surface area contributed by atoms with Crippen molar-refractivity contribution >= 4 is 50.0 Å². The third kappa shape index (κ3) is 33.8. The second-order valence-corrected chi connectivity index (χ2v) is 1.05. The zero-order chi connectivity index (χ0) is 9.98. The van der Waals surface area contributed by atoms with E-state index < -0.39 is 25.9 Å². The predicted octanol–water partition coefficient (Wildman–Crippen LogP) is -3.79. The maximum atomic E-state index is 9.11. The van der Waals surface area contributed by atoms with Gasteiger partial charge in [-0.25, -0.2) is 0 Å². The molecule has 0 heterocycles. The van der Waals surface area contributed by atoms with Gasteiger partial charge in [0.15, 0.2) is 0 Å². The summed E-state index contributed by atoms with van der Waals surface area (Å²) >= 11 is 0. The predicted molar refractivity (Wildman–Crippen MR) is 32.9 cm³/mol. The molecule has 0 amide bonds. The third-order valence-corrected chi connectivity index (χ3v) is 0.365. The molecule has 0 unspecified atom stereocenters. The number of aliphatic hydroxyl groups is 2. The normalized spacial score (nSPS) is 6.92. The van der Waals surface area contributed by atoms with Crippen LogP contribution in [0.5, 0.6) is 0 Å². The molecule has 0 aromatic carbocycles. The van der Waals surface area contributed by atoms with E-state index in [4.69, 9.17) is 30.0 Å². The summed E-state index contributed by atoms with van der Waals surface area (Å²) in [5.74, 6) is 0. The molecule has 9 heteroatoms. The molecule has 0 spiro atoms. The van der Waals surface area contributed by atoms with Crippen molar-refractivity contribution in [3.05, 3.63) is 0 Å². The maximum Gasteiger partial charge on any atom is 2.00 e. The summed E-state index contributed by atoms with van der Waals surface area (Å²) in [5, 5.41) is 33.4. The third-order valence-electron chi connectivity index (χ3n) is 0.365. The molecule has 0 bridgehead atoms. The Kier molecular flexibility index (Phi) is 20.3. The van der Waals surface area contributed by atoms with Crippen molar-refractivity contribution in [3.8, 4) is 0 Å². The summed E-state index contributed by atoms with van der Waals surface area (Å²) in [7, 11) is 0. The van der Waals surface area contributed by atoms with Crippen LogP contribution >= 0.6 is 0 Å². The number of carbonyl (C=O) groups is 2. The van der Waals surface area contributed by atoms with Crippen LogP contribution in [0.3, 0.4) is 0 Å². The maximum absolute atomic E-state index is 9.11. The number of carboxylic acid groups (broad SMARTS) is 2. The Labute approximate surface area is 103 Å². The topological polar surface area (TPSA) is 139 Å². The average molecular weight is 222 g/mol. The summed E-state index contributed by atoms with van der Waals surface area (Å²) < 4.78 is 6.81. The van der Waals surface area contributed by atoms with E-state index in [1.54, 1.807) is 0 Å². The molecule has 72 valence electrons. The van der Waals surface area contributed by atoms with E-state index in [9.17, 15) is 0 Å². The minimum atomic E-state index is -1.71. The number of hydrogen-bond acceptors (Lipinski definition) is 8. The first kappa shape index (κ1) is 18.5. The van der Waals surface area contributed by atoms with Gasteiger partial charge in [-0.3, -0.25) is 0 Å². The summed E-state index contributed by atoms with van der Waals surface area (Å²) in [5.41, 5.74) is 0. The quantitative estimate of drug-likeness (QED) is 0.275. The van der Waals surface area contributed by atoms with Crippen LogP contribution in [0.25, 0.3) is 0 Å². The Morgan fingerprint density at radius 3 is 1.23 bits per heavy atom. The first-order valence-electron chi connectivity index (χ1n) is 2.43. The molecule has 0 aromatic heterocycles. The molecule has 0 aliphatic carbocycles. The van der Waals surface area contributed by atoms with Gasteiger partial charge in [0, 0.05) is 0 Å². The second kappa shape index (κ2) is 14.3. The molecular formula is C4H6CaO8. The first-order valence-corrected chi connectivity index (χ1v) is 2.43. The van der Waals surface area contributed by atoms with Gasteiger partial charge in [0.2, 0.25) is 0 Å². The smallest absolute Gasteiger partial charge is 0.524 e. The minimum Gasteiger partial charge on any atom is -0.524 e. The molecule has 0 aliphatic rings. The van der Waals surface area contributed by atoms with Gasteiger partial charge in [0.05, 0.1) is 0 Å². The Bertz CT molecular complexity index is 120. The van der Waals surface area contributed by atoms with Crippen molar-refractivity contribution in [1.29, 1.82) is 0 Å². The van der Waals surface area contributed by atoms with Gasteiger partial charge in [-0.1, -0.05) is 0 Å². The summed E-state index contributed by atoms with van der Waals surface area (Å²) in [6, 6.07) is 0. The van der Waals surface area contributed by atoms with E-state index in [-0.39, 0.29) is 37.7 Å². The number of aliphatic hydroxyl groups excluding tert-OH is 2. The van der Waals surface area contributed by atoms with Gasteiger partial charge in [0.25, 0.3) is 12.3 Å². The van der Waals surface area contributed by atoms with E-state index >= 15 is 0 Å². The summed E-state index contributed by atoms with van der Waals surface area (Å²) in [4.78, 5) is 18.2. The monoisotopic (exact) mass is 222 g/mol. The number of carbonyl (C=O) groups excluding carboxylic acids is 2. The Balaban J connectivity index is -0.000000143. The molecule has 0 fully saturated rings. The second-order valence-electron chi connectivity index (χ2n) is 1.05. The van der Waals surface area contributed by atoms with E-state index in [1.165, 1.54) is 0 Å². The SMILES string of the molecule is O=C([O-])OCO.O=C([O-])OCO.[Ca+2]. The van der Waals surface area contributed by atoms with Crippen LogP contribution in [0.1, 0.15) is 0 Å². The molecule has 0 radical (unpaired) electrons. The zero-order valence-corrected chi connectivity index (χ0v) is 8.67. The van der Waals surface area contributed by atoms with Crippen LogP contribution in [-0.2, 0) is 9.47 Å². The molecule has 0 saturated carbocycles. The Morgan fingerprint density at radius 2 is 1.23 bits per heavy atom. The molecule has 2 N–H and O–H groups in total. The van der Waals surface area contributed by atoms with Crippen LogP contribution in [0, 0.1) is 0 Å². The van der Waals surface area contributed by atoms with E-state index in [0.29, 0.717) is 0 Å². The number of rotatable bonds is 2. The van der Waals surface area contributed by atoms with Crippen LogP contribution in [0.4, 0.5) is 9.59 Å². The van der Waals surface area contributed by atoms with Crippen molar-refractivity contribution in [1.82, 2.24) is 0 Å². The molecule has 0 saturated heterocycles. The molecular weight excluding hydrogens is 216 g/mol. The van der Waals surface area contributed by atoms with Crippen molar-refractivity contribution < 1.29 is 39.5 Å². The van der Waals surface area contributed by atoms with Crippen molar-refractivity contribution in [2.75, 3.05) is 13.6 Å². The van der Waals surface area contributed by atoms with E-state index in [2.05, 4.69) is 9.47 Å². The molecule has 0 rings (SSSR count). The Morgan fingerprint density at radius 1 is 1.00 bits per heavy atom. The minimum absolute atomic E-state index is 0. The van der Waals surface area contributed by atoms with Gasteiger partial charge in [-0.05, 0) is 0 Å². The largest absolute Gasteiger partial charge is 2.00 e. The van der Waals surface area contributed by atoms with E-state index in [1.807, 2.05) is 0 Å². The first-order chi connectivity index (χ1) is 5.54. The molecule has 0 aliphatic heterocycles. The van der Waals surface area contributed by atoms with Gasteiger partial charge in [0.1, 0.15) is 13.6 Å². The summed E-state index contributed by atoms with van der Waals surface area (Å²) in [6.45, 7) is -1.66. The van der Waals surface area contributed by atoms with Crippen LogP contribution in [0.2, 0.25) is 0 Å².